The summed E-state index contributed by atoms with van der Waals surface area (Å²) in [4.78, 5) is 24.0. The maximum absolute atomic E-state index is 12.3. The number of carbonyl (C=O) groups excluding carboxylic acids is 2. The monoisotopic (exact) mass is 330 g/mol. The van der Waals surface area contributed by atoms with E-state index in [1.54, 1.807) is 19.2 Å². The van der Waals surface area contributed by atoms with Crippen molar-refractivity contribution >= 4 is 17.4 Å². The summed E-state index contributed by atoms with van der Waals surface area (Å²) in [6, 6.07) is 7.28. The van der Waals surface area contributed by atoms with E-state index in [1.165, 1.54) is 13.2 Å². The Hall–Kier alpha value is -2.76. The van der Waals surface area contributed by atoms with Crippen molar-refractivity contribution in [1.82, 2.24) is 10.6 Å². The van der Waals surface area contributed by atoms with Gasteiger partial charge in [0.25, 0.3) is 5.91 Å². The topological polar surface area (TPSA) is 76.7 Å². The van der Waals surface area contributed by atoms with E-state index in [0.717, 1.165) is 5.56 Å². The third-order valence-electron chi connectivity index (χ3n) is 3.34. The van der Waals surface area contributed by atoms with E-state index >= 15 is 0 Å². The highest BCUT2D eigenvalue weighted by Gasteiger charge is 2.31. The third kappa shape index (κ3) is 3.95. The van der Waals surface area contributed by atoms with Gasteiger partial charge in [0.15, 0.2) is 0 Å². The van der Waals surface area contributed by atoms with Gasteiger partial charge >= 0.3 is 5.97 Å². The summed E-state index contributed by atoms with van der Waals surface area (Å²) in [5, 5.41) is 6.06. The Kier molecular flexibility index (Phi) is 4.97. The predicted octanol–water partition coefficient (Wildman–Crippen LogP) is 1.98. The van der Waals surface area contributed by atoms with Crippen molar-refractivity contribution in [2.75, 3.05) is 14.2 Å². The molecule has 2 rings (SSSR count). The lowest BCUT2D eigenvalue weighted by Crippen LogP contribution is -2.39. The standard InChI is InChI=1S/C18H22N2O4/c1-18(2,3)20-16-15(11-6-8-12(23-4)9-7-11)13(17(22)19-16)10-14(21)24-5/h6-10,20H,1-5H3,(H,19,22)/b13-10-. The maximum Gasteiger partial charge on any atom is 0.331 e. The number of rotatable bonds is 4. The van der Waals surface area contributed by atoms with Crippen LogP contribution in [0.25, 0.3) is 5.57 Å². The molecule has 24 heavy (non-hydrogen) atoms. The van der Waals surface area contributed by atoms with Gasteiger partial charge in [-0.2, -0.15) is 0 Å². The number of amides is 1. The average molecular weight is 330 g/mol. The SMILES string of the molecule is COC(=O)/C=C1\C(=O)NC(NC(C)(C)C)=C1c1ccc(OC)cc1. The lowest BCUT2D eigenvalue weighted by atomic mass is 9.98. The largest absolute Gasteiger partial charge is 0.497 e. The highest BCUT2D eigenvalue weighted by Crippen LogP contribution is 2.32. The van der Waals surface area contributed by atoms with E-state index in [9.17, 15) is 9.59 Å². The van der Waals surface area contributed by atoms with Gasteiger partial charge in [-0.15, -0.1) is 0 Å². The van der Waals surface area contributed by atoms with Crippen LogP contribution in [0.4, 0.5) is 0 Å². The minimum absolute atomic E-state index is 0.263. The average Bonchev–Trinajstić information content (AvgIpc) is 2.80. The Labute approximate surface area is 141 Å². The van der Waals surface area contributed by atoms with Crippen molar-refractivity contribution in [3.05, 3.63) is 47.3 Å². The van der Waals surface area contributed by atoms with Gasteiger partial charge in [-0.05, 0) is 38.5 Å². The quantitative estimate of drug-likeness (QED) is 0.652. The lowest BCUT2D eigenvalue weighted by molar-refractivity contribution is -0.135. The summed E-state index contributed by atoms with van der Waals surface area (Å²) in [7, 11) is 2.86. The second kappa shape index (κ2) is 6.78. The lowest BCUT2D eigenvalue weighted by Gasteiger charge is -2.23. The minimum Gasteiger partial charge on any atom is -0.497 e. The van der Waals surface area contributed by atoms with Crippen LogP contribution in [0, 0.1) is 0 Å². The van der Waals surface area contributed by atoms with E-state index in [0.29, 0.717) is 17.1 Å². The molecule has 1 aliphatic heterocycles. The van der Waals surface area contributed by atoms with E-state index in [1.807, 2.05) is 32.9 Å². The fraction of sp³-hybridized carbons (Fsp3) is 0.333. The molecule has 6 heteroatoms. The molecule has 0 fully saturated rings. The fourth-order valence-corrected chi connectivity index (χ4v) is 2.33. The highest BCUT2D eigenvalue weighted by atomic mass is 16.5. The van der Waals surface area contributed by atoms with Gasteiger partial charge in [0.1, 0.15) is 11.6 Å². The van der Waals surface area contributed by atoms with Crippen LogP contribution in [-0.4, -0.2) is 31.6 Å². The van der Waals surface area contributed by atoms with Gasteiger partial charge in [-0.3, -0.25) is 4.79 Å². The third-order valence-corrected chi connectivity index (χ3v) is 3.34. The maximum atomic E-state index is 12.3. The van der Waals surface area contributed by atoms with Gasteiger partial charge in [0.2, 0.25) is 0 Å². The Morgan fingerprint density at radius 2 is 1.79 bits per heavy atom. The molecule has 1 aliphatic rings. The first-order valence-corrected chi connectivity index (χ1v) is 7.53. The Morgan fingerprint density at radius 1 is 1.17 bits per heavy atom. The van der Waals surface area contributed by atoms with Crippen LogP contribution in [-0.2, 0) is 14.3 Å². The van der Waals surface area contributed by atoms with Gasteiger partial charge in [0.05, 0.1) is 19.8 Å². The summed E-state index contributed by atoms with van der Waals surface area (Å²) < 4.78 is 9.83. The number of carbonyl (C=O) groups is 2. The summed E-state index contributed by atoms with van der Waals surface area (Å²) in [5.74, 6) is 0.342. The van der Waals surface area contributed by atoms with Gasteiger partial charge in [-0.1, -0.05) is 12.1 Å². The van der Waals surface area contributed by atoms with Crippen molar-refractivity contribution < 1.29 is 19.1 Å². The summed E-state index contributed by atoms with van der Waals surface area (Å²) >= 11 is 0. The number of esters is 1. The molecule has 128 valence electrons. The first kappa shape index (κ1) is 17.6. The van der Waals surface area contributed by atoms with Crippen LogP contribution in [0.1, 0.15) is 26.3 Å². The van der Waals surface area contributed by atoms with Gasteiger partial charge < -0.3 is 20.1 Å². The number of nitrogens with one attached hydrogen (secondary N) is 2. The second-order valence-corrected chi connectivity index (χ2v) is 6.39. The number of hydrogen-bond donors (Lipinski definition) is 2. The predicted molar refractivity (Wildman–Crippen MR) is 91.0 cm³/mol. The molecule has 2 N–H and O–H groups in total. The molecular weight excluding hydrogens is 308 g/mol. The smallest absolute Gasteiger partial charge is 0.331 e. The van der Waals surface area contributed by atoms with Crippen molar-refractivity contribution in [3.63, 3.8) is 0 Å². The van der Waals surface area contributed by atoms with Crippen molar-refractivity contribution in [3.8, 4) is 5.75 Å². The van der Waals surface area contributed by atoms with Gasteiger partial charge in [0, 0.05) is 17.2 Å². The fourth-order valence-electron chi connectivity index (χ4n) is 2.33. The van der Waals surface area contributed by atoms with E-state index < -0.39 is 5.97 Å². The first-order valence-electron chi connectivity index (χ1n) is 7.53. The zero-order valence-corrected chi connectivity index (χ0v) is 14.5. The molecule has 1 aromatic carbocycles. The summed E-state index contributed by atoms with van der Waals surface area (Å²) in [6.45, 7) is 5.96. The molecule has 0 saturated heterocycles. The molecule has 0 unspecified atom stereocenters. The molecule has 0 radical (unpaired) electrons. The summed E-state index contributed by atoms with van der Waals surface area (Å²) in [6.07, 6.45) is 1.20. The van der Waals surface area contributed by atoms with Gasteiger partial charge in [-0.25, -0.2) is 4.79 Å². The Morgan fingerprint density at radius 3 is 2.29 bits per heavy atom. The molecule has 0 aromatic heterocycles. The molecule has 0 bridgehead atoms. The summed E-state index contributed by atoms with van der Waals surface area (Å²) in [5.41, 5.74) is 1.42. The molecule has 6 nitrogen and oxygen atoms in total. The number of methoxy groups -OCH3 is 2. The minimum atomic E-state index is -0.580. The van der Waals surface area contributed by atoms with E-state index in [2.05, 4.69) is 15.4 Å². The molecule has 1 amide bonds. The molecule has 0 spiro atoms. The normalized spacial score (nSPS) is 16.2. The molecular formula is C18H22N2O4. The van der Waals surface area contributed by atoms with Crippen LogP contribution in [0.3, 0.4) is 0 Å². The molecule has 0 atom stereocenters. The molecule has 0 saturated carbocycles. The molecule has 0 aliphatic carbocycles. The van der Waals surface area contributed by atoms with Crippen molar-refractivity contribution in [2.45, 2.75) is 26.3 Å². The van der Waals surface area contributed by atoms with Crippen LogP contribution in [0.2, 0.25) is 0 Å². The Balaban J connectivity index is 2.56. The van der Waals surface area contributed by atoms with Crippen LogP contribution < -0.4 is 15.4 Å². The number of ether oxygens (including phenoxy) is 2. The zero-order chi connectivity index (χ0) is 17.9. The van der Waals surface area contributed by atoms with Crippen molar-refractivity contribution in [2.24, 2.45) is 0 Å². The second-order valence-electron chi connectivity index (χ2n) is 6.39. The molecule has 1 aromatic rings. The molecule has 1 heterocycles. The highest BCUT2D eigenvalue weighted by molar-refractivity contribution is 6.17. The van der Waals surface area contributed by atoms with Crippen molar-refractivity contribution in [1.29, 1.82) is 0 Å². The number of hydrogen-bond acceptors (Lipinski definition) is 5. The Bertz CT molecular complexity index is 710. The first-order chi connectivity index (χ1) is 11.2. The zero-order valence-electron chi connectivity index (χ0n) is 14.5. The van der Waals surface area contributed by atoms with Crippen LogP contribution >= 0.6 is 0 Å². The van der Waals surface area contributed by atoms with E-state index in [-0.39, 0.29) is 17.0 Å². The van der Waals surface area contributed by atoms with Crippen LogP contribution in [0.5, 0.6) is 5.75 Å². The number of benzene rings is 1. The van der Waals surface area contributed by atoms with Crippen LogP contribution in [0.15, 0.2) is 41.7 Å². The van der Waals surface area contributed by atoms with E-state index in [4.69, 9.17) is 4.74 Å².